The number of para-hydroxylation sites is 1. The Morgan fingerprint density at radius 2 is 1.74 bits per heavy atom. The molecular weight excluding hydrogens is 290 g/mol. The van der Waals surface area contributed by atoms with Crippen LogP contribution in [0.1, 0.15) is 22.3 Å². The molecule has 0 spiro atoms. The second-order valence-corrected chi connectivity index (χ2v) is 5.38. The van der Waals surface area contributed by atoms with Gasteiger partial charge in [0.05, 0.1) is 13.2 Å². The van der Waals surface area contributed by atoms with Gasteiger partial charge in [0, 0.05) is 23.2 Å². The van der Waals surface area contributed by atoms with Crippen LogP contribution in [0.25, 0.3) is 6.08 Å². The maximum absolute atomic E-state index is 12.8. The van der Waals surface area contributed by atoms with Gasteiger partial charge >= 0.3 is 5.97 Å². The summed E-state index contributed by atoms with van der Waals surface area (Å²) in [7, 11) is 1.35. The lowest BCUT2D eigenvalue weighted by atomic mass is 9.98. The largest absolute Gasteiger partial charge is 0.466 e. The van der Waals surface area contributed by atoms with Crippen LogP contribution < -0.4 is 5.32 Å². The Bertz CT molecular complexity index is 765. The molecule has 1 unspecified atom stereocenters. The minimum Gasteiger partial charge on any atom is -0.466 e. The van der Waals surface area contributed by atoms with E-state index in [9.17, 15) is 9.59 Å². The monoisotopic (exact) mass is 307 g/mol. The van der Waals surface area contributed by atoms with Crippen molar-refractivity contribution < 1.29 is 14.3 Å². The van der Waals surface area contributed by atoms with Crippen molar-refractivity contribution in [3.05, 3.63) is 71.3 Å². The number of methoxy groups -OCH3 is 1. The minimum absolute atomic E-state index is 0.0443. The normalized spacial score (nSPS) is 16.4. The van der Waals surface area contributed by atoms with E-state index in [1.165, 1.54) is 7.11 Å². The second-order valence-electron chi connectivity index (χ2n) is 5.38. The van der Waals surface area contributed by atoms with Crippen molar-refractivity contribution in [2.75, 3.05) is 12.4 Å². The highest BCUT2D eigenvalue weighted by Crippen LogP contribution is 2.27. The molecule has 1 atom stereocenters. The molecule has 1 heterocycles. The Morgan fingerprint density at radius 1 is 1.04 bits per heavy atom. The predicted octanol–water partition coefficient (Wildman–Crippen LogP) is 3.31. The number of carbonyl (C=O) groups is 2. The Morgan fingerprint density at radius 3 is 2.48 bits per heavy atom. The SMILES string of the molecule is COC(=O)C1=Cc2ccccc2NC(C(=O)c2ccccc2)C1. The third kappa shape index (κ3) is 3.16. The highest BCUT2D eigenvalue weighted by Gasteiger charge is 2.27. The van der Waals surface area contributed by atoms with Crippen molar-refractivity contribution in [3.8, 4) is 0 Å². The number of benzene rings is 2. The van der Waals surface area contributed by atoms with Crippen LogP contribution in [0.5, 0.6) is 0 Å². The van der Waals surface area contributed by atoms with Crippen LogP contribution in [-0.4, -0.2) is 24.9 Å². The number of ketones is 1. The molecule has 0 saturated heterocycles. The van der Waals surface area contributed by atoms with E-state index < -0.39 is 12.0 Å². The van der Waals surface area contributed by atoms with Crippen LogP contribution in [0.15, 0.2) is 60.2 Å². The lowest BCUT2D eigenvalue weighted by Gasteiger charge is -2.18. The molecule has 1 aliphatic heterocycles. The van der Waals surface area contributed by atoms with E-state index in [1.54, 1.807) is 18.2 Å². The van der Waals surface area contributed by atoms with Gasteiger partial charge in [-0.05, 0) is 17.7 Å². The number of esters is 1. The fourth-order valence-corrected chi connectivity index (χ4v) is 2.69. The first-order chi connectivity index (χ1) is 11.2. The fourth-order valence-electron chi connectivity index (χ4n) is 2.69. The van der Waals surface area contributed by atoms with Crippen LogP contribution in [0.4, 0.5) is 5.69 Å². The molecule has 2 aromatic rings. The van der Waals surface area contributed by atoms with Gasteiger partial charge in [0.25, 0.3) is 0 Å². The summed E-state index contributed by atoms with van der Waals surface area (Å²) < 4.78 is 4.85. The average molecular weight is 307 g/mol. The molecule has 0 saturated carbocycles. The minimum atomic E-state index is -0.508. The molecule has 4 heteroatoms. The quantitative estimate of drug-likeness (QED) is 0.698. The highest BCUT2D eigenvalue weighted by atomic mass is 16.5. The van der Waals surface area contributed by atoms with Gasteiger partial charge in [-0.25, -0.2) is 4.79 Å². The molecule has 4 nitrogen and oxygen atoms in total. The zero-order valence-electron chi connectivity index (χ0n) is 12.8. The summed E-state index contributed by atoms with van der Waals surface area (Å²) in [6.07, 6.45) is 2.07. The Labute approximate surface area is 134 Å². The van der Waals surface area contributed by atoms with Gasteiger partial charge in [-0.3, -0.25) is 4.79 Å². The molecule has 0 bridgehead atoms. The van der Waals surface area contributed by atoms with E-state index in [0.29, 0.717) is 11.1 Å². The third-order valence-electron chi connectivity index (χ3n) is 3.87. The molecule has 1 aliphatic rings. The van der Waals surface area contributed by atoms with E-state index in [2.05, 4.69) is 5.32 Å². The number of nitrogens with one attached hydrogen (secondary N) is 1. The first-order valence-electron chi connectivity index (χ1n) is 7.43. The maximum Gasteiger partial charge on any atom is 0.333 e. The molecule has 0 amide bonds. The zero-order valence-corrected chi connectivity index (χ0v) is 12.8. The van der Waals surface area contributed by atoms with Crippen molar-refractivity contribution in [2.45, 2.75) is 12.5 Å². The Balaban J connectivity index is 1.99. The van der Waals surface area contributed by atoms with Crippen LogP contribution in [0, 0.1) is 0 Å². The number of hydrogen-bond acceptors (Lipinski definition) is 4. The first-order valence-corrected chi connectivity index (χ1v) is 7.43. The molecule has 23 heavy (non-hydrogen) atoms. The summed E-state index contributed by atoms with van der Waals surface area (Å²) in [5.74, 6) is -0.452. The summed E-state index contributed by atoms with van der Waals surface area (Å²) in [5, 5.41) is 3.26. The van der Waals surface area contributed by atoms with Crippen molar-refractivity contribution in [1.82, 2.24) is 0 Å². The number of hydrogen-bond donors (Lipinski definition) is 1. The number of fused-ring (bicyclic) bond motifs is 1. The number of anilines is 1. The standard InChI is InChI=1S/C19H17NO3/c1-23-19(22)15-11-14-9-5-6-10-16(14)20-17(12-15)18(21)13-7-3-2-4-8-13/h2-11,17,20H,12H2,1H3. The lowest BCUT2D eigenvalue weighted by Crippen LogP contribution is -2.30. The molecule has 2 aromatic carbocycles. The molecule has 0 radical (unpaired) electrons. The molecule has 0 fully saturated rings. The topological polar surface area (TPSA) is 55.4 Å². The van der Waals surface area contributed by atoms with Crippen LogP contribution >= 0.6 is 0 Å². The van der Waals surface area contributed by atoms with Gasteiger partial charge in [-0.15, -0.1) is 0 Å². The van der Waals surface area contributed by atoms with Gasteiger partial charge in [-0.1, -0.05) is 48.5 Å². The van der Waals surface area contributed by atoms with Gasteiger partial charge < -0.3 is 10.1 Å². The number of Topliss-reactive ketones (excluding diaryl/α,β-unsaturated/α-hetero) is 1. The van der Waals surface area contributed by atoms with E-state index in [1.807, 2.05) is 42.5 Å². The highest BCUT2D eigenvalue weighted by molar-refractivity contribution is 6.04. The smallest absolute Gasteiger partial charge is 0.333 e. The van der Waals surface area contributed by atoms with E-state index in [4.69, 9.17) is 4.74 Å². The summed E-state index contributed by atoms with van der Waals surface area (Å²) in [4.78, 5) is 24.8. The van der Waals surface area contributed by atoms with Crippen LogP contribution in [-0.2, 0) is 9.53 Å². The van der Waals surface area contributed by atoms with Gasteiger partial charge in [0.15, 0.2) is 5.78 Å². The van der Waals surface area contributed by atoms with E-state index in [0.717, 1.165) is 11.3 Å². The summed E-state index contributed by atoms with van der Waals surface area (Å²) in [6, 6.07) is 16.2. The fraction of sp³-hybridized carbons (Fsp3) is 0.158. The van der Waals surface area contributed by atoms with Crippen LogP contribution in [0.2, 0.25) is 0 Å². The number of carbonyl (C=O) groups excluding carboxylic acids is 2. The van der Waals surface area contributed by atoms with Crippen LogP contribution in [0.3, 0.4) is 0 Å². The summed E-state index contributed by atoms with van der Waals surface area (Å²) in [6.45, 7) is 0. The third-order valence-corrected chi connectivity index (χ3v) is 3.87. The molecule has 116 valence electrons. The van der Waals surface area contributed by atoms with Crippen molar-refractivity contribution in [2.24, 2.45) is 0 Å². The van der Waals surface area contributed by atoms with E-state index >= 15 is 0 Å². The molecule has 0 aliphatic carbocycles. The molecular formula is C19H17NO3. The first kappa shape index (κ1) is 15.0. The Hall–Kier alpha value is -2.88. The second kappa shape index (κ2) is 6.48. The molecule has 3 rings (SSSR count). The van der Waals surface area contributed by atoms with Crippen molar-refractivity contribution >= 4 is 23.5 Å². The van der Waals surface area contributed by atoms with Crippen molar-refractivity contribution in [1.29, 1.82) is 0 Å². The summed E-state index contributed by atoms with van der Waals surface area (Å²) in [5.41, 5.74) is 2.81. The lowest BCUT2D eigenvalue weighted by molar-refractivity contribution is -0.136. The van der Waals surface area contributed by atoms with Gasteiger partial charge in [0.2, 0.25) is 0 Å². The average Bonchev–Trinajstić information content (AvgIpc) is 2.80. The van der Waals surface area contributed by atoms with Crippen molar-refractivity contribution in [3.63, 3.8) is 0 Å². The number of rotatable bonds is 3. The molecule has 1 N–H and O–H groups in total. The Kier molecular flexibility index (Phi) is 4.24. The maximum atomic E-state index is 12.8. The number of ether oxygens (including phenoxy) is 1. The van der Waals surface area contributed by atoms with Gasteiger partial charge in [-0.2, -0.15) is 0 Å². The van der Waals surface area contributed by atoms with E-state index in [-0.39, 0.29) is 12.2 Å². The predicted molar refractivity (Wildman–Crippen MR) is 89.2 cm³/mol. The summed E-state index contributed by atoms with van der Waals surface area (Å²) >= 11 is 0. The molecule has 0 aromatic heterocycles. The van der Waals surface area contributed by atoms with Gasteiger partial charge in [0.1, 0.15) is 0 Å². The zero-order chi connectivity index (χ0) is 16.2.